The van der Waals surface area contributed by atoms with E-state index in [2.05, 4.69) is 37.7 Å². The molecule has 0 aliphatic carbocycles. The largest absolute Gasteiger partial charge is 0.342 e. The fraction of sp³-hybridized carbons (Fsp3) is 0.391. The summed E-state index contributed by atoms with van der Waals surface area (Å²) in [5.41, 5.74) is 5.16. The monoisotopic (exact) mass is 376 g/mol. The Labute approximate surface area is 166 Å². The number of pyridine rings is 1. The van der Waals surface area contributed by atoms with Gasteiger partial charge in [-0.2, -0.15) is 0 Å². The second-order valence-electron chi connectivity index (χ2n) is 8.32. The fourth-order valence-corrected chi connectivity index (χ4v) is 3.05. The second kappa shape index (κ2) is 7.30. The highest BCUT2D eigenvalue weighted by Gasteiger charge is 2.20. The Balaban J connectivity index is 2.23. The number of hydrogen-bond acceptors (Lipinski definition) is 4. The van der Waals surface area contributed by atoms with Crippen molar-refractivity contribution in [3.05, 3.63) is 53.1 Å². The molecule has 3 aromatic rings. The summed E-state index contributed by atoms with van der Waals surface area (Å²) < 4.78 is 0. The van der Waals surface area contributed by atoms with Gasteiger partial charge in [0.15, 0.2) is 0 Å². The molecule has 0 aliphatic rings. The van der Waals surface area contributed by atoms with E-state index in [0.29, 0.717) is 12.1 Å². The number of rotatable bonds is 3. The van der Waals surface area contributed by atoms with Crippen LogP contribution in [-0.4, -0.2) is 39.4 Å². The van der Waals surface area contributed by atoms with E-state index in [4.69, 9.17) is 4.98 Å². The van der Waals surface area contributed by atoms with Crippen molar-refractivity contribution < 1.29 is 4.79 Å². The first-order valence-corrected chi connectivity index (χ1v) is 9.62. The molecule has 2 aromatic heterocycles. The number of carbonyl (C=O) groups is 1. The van der Waals surface area contributed by atoms with Gasteiger partial charge in [0.2, 0.25) is 0 Å². The lowest BCUT2D eigenvalue weighted by Crippen LogP contribution is -2.26. The molecule has 0 unspecified atom stereocenters. The van der Waals surface area contributed by atoms with Gasteiger partial charge in [-0.15, -0.1) is 0 Å². The van der Waals surface area contributed by atoms with E-state index in [-0.39, 0.29) is 11.3 Å². The van der Waals surface area contributed by atoms with Gasteiger partial charge in [0.05, 0.1) is 16.8 Å². The smallest absolute Gasteiger partial charge is 0.254 e. The Bertz CT molecular complexity index is 1030. The molecule has 0 radical (unpaired) electrons. The number of aryl methyl sites for hydroxylation is 2. The molecule has 28 heavy (non-hydrogen) atoms. The number of carbonyl (C=O) groups excluding carboxylic acids is 1. The summed E-state index contributed by atoms with van der Waals surface area (Å²) in [6.45, 7) is 13.0. The molecule has 1 aromatic carbocycles. The number of hydrogen-bond donors (Lipinski definition) is 0. The predicted octanol–water partition coefficient (Wildman–Crippen LogP) is 4.70. The first-order valence-electron chi connectivity index (χ1n) is 9.62. The minimum Gasteiger partial charge on any atom is -0.342 e. The van der Waals surface area contributed by atoms with E-state index in [1.165, 1.54) is 0 Å². The molecule has 0 atom stereocenters. The first kappa shape index (κ1) is 19.9. The van der Waals surface area contributed by atoms with Gasteiger partial charge in [0.1, 0.15) is 5.82 Å². The highest BCUT2D eigenvalue weighted by Crippen LogP contribution is 2.29. The molecule has 0 saturated heterocycles. The minimum absolute atomic E-state index is 0.00775. The van der Waals surface area contributed by atoms with Crippen LogP contribution in [0.3, 0.4) is 0 Å². The summed E-state index contributed by atoms with van der Waals surface area (Å²) in [6.07, 6.45) is 3.59. The predicted molar refractivity (Wildman–Crippen MR) is 114 cm³/mol. The fourth-order valence-electron chi connectivity index (χ4n) is 3.05. The van der Waals surface area contributed by atoms with Crippen LogP contribution in [0.25, 0.3) is 22.2 Å². The zero-order valence-electron chi connectivity index (χ0n) is 17.8. The zero-order valence-corrected chi connectivity index (χ0v) is 17.8. The van der Waals surface area contributed by atoms with Gasteiger partial charge in [-0.25, -0.2) is 15.0 Å². The number of fused-ring (bicyclic) bond motifs is 1. The third-order valence-electron chi connectivity index (χ3n) is 5.18. The van der Waals surface area contributed by atoms with Gasteiger partial charge in [-0.3, -0.25) is 4.79 Å². The SMILES string of the molecule is CCN(C)C(=O)c1cc(-c2cnc(C(C)(C)C)nc2)nc2c(C)c(C)ccc12. The lowest BCUT2D eigenvalue weighted by molar-refractivity contribution is 0.0804. The minimum atomic E-state index is -0.117. The third-order valence-corrected chi connectivity index (χ3v) is 5.18. The summed E-state index contributed by atoms with van der Waals surface area (Å²) in [5.74, 6) is 0.776. The quantitative estimate of drug-likeness (QED) is 0.665. The van der Waals surface area contributed by atoms with E-state index < -0.39 is 0 Å². The Morgan fingerprint density at radius 1 is 1.11 bits per heavy atom. The van der Waals surface area contributed by atoms with Crippen LogP contribution in [0.1, 0.15) is 55.0 Å². The summed E-state index contributed by atoms with van der Waals surface area (Å²) in [6, 6.07) is 5.90. The molecule has 146 valence electrons. The highest BCUT2D eigenvalue weighted by molar-refractivity contribution is 6.07. The van der Waals surface area contributed by atoms with E-state index in [9.17, 15) is 4.79 Å². The summed E-state index contributed by atoms with van der Waals surface area (Å²) in [7, 11) is 1.82. The topological polar surface area (TPSA) is 59.0 Å². The average molecular weight is 377 g/mol. The summed E-state index contributed by atoms with van der Waals surface area (Å²) in [5, 5.41) is 0.879. The van der Waals surface area contributed by atoms with Gasteiger partial charge >= 0.3 is 0 Å². The van der Waals surface area contributed by atoms with Crippen molar-refractivity contribution in [2.75, 3.05) is 13.6 Å². The molecule has 0 bridgehead atoms. The molecule has 1 amide bonds. The van der Waals surface area contributed by atoms with Crippen LogP contribution in [0.15, 0.2) is 30.6 Å². The van der Waals surface area contributed by atoms with Crippen LogP contribution in [0.2, 0.25) is 0 Å². The average Bonchev–Trinajstić information content (AvgIpc) is 2.68. The van der Waals surface area contributed by atoms with E-state index in [1.807, 2.05) is 39.1 Å². The van der Waals surface area contributed by atoms with Gasteiger partial charge in [-0.1, -0.05) is 32.9 Å². The standard InChI is InChI=1S/C23H28N4O/c1-8-27(7)21(28)18-11-19(16-12-24-22(25-13-16)23(4,5)6)26-20-15(3)14(2)9-10-17(18)20/h9-13H,8H2,1-7H3. The molecule has 3 rings (SSSR count). The van der Waals surface area contributed by atoms with Gasteiger partial charge < -0.3 is 4.90 Å². The second-order valence-corrected chi connectivity index (χ2v) is 8.32. The molecule has 0 spiro atoms. The van der Waals surface area contributed by atoms with Crippen molar-refractivity contribution in [1.29, 1.82) is 0 Å². The molecule has 5 heteroatoms. The van der Waals surface area contributed by atoms with Crippen molar-refractivity contribution in [1.82, 2.24) is 19.9 Å². The maximum atomic E-state index is 13.0. The molecule has 0 aliphatic heterocycles. The third kappa shape index (κ3) is 3.61. The van der Waals surface area contributed by atoms with E-state index >= 15 is 0 Å². The van der Waals surface area contributed by atoms with Crippen molar-refractivity contribution in [2.45, 2.75) is 47.0 Å². The van der Waals surface area contributed by atoms with E-state index in [0.717, 1.165) is 39.1 Å². The number of amides is 1. The van der Waals surface area contributed by atoms with Gasteiger partial charge in [0, 0.05) is 42.4 Å². The maximum absolute atomic E-state index is 13.0. The van der Waals surface area contributed by atoms with Crippen molar-refractivity contribution in [3.8, 4) is 11.3 Å². The molecule has 5 nitrogen and oxygen atoms in total. The zero-order chi connectivity index (χ0) is 20.6. The highest BCUT2D eigenvalue weighted by atomic mass is 16.2. The molecular weight excluding hydrogens is 348 g/mol. The Morgan fingerprint density at radius 3 is 2.32 bits per heavy atom. The molecule has 0 saturated carbocycles. The lowest BCUT2D eigenvalue weighted by atomic mass is 9.95. The van der Waals surface area contributed by atoms with Gasteiger partial charge in [-0.05, 0) is 38.0 Å². The number of nitrogens with zero attached hydrogens (tertiary/aromatic N) is 4. The van der Waals surface area contributed by atoms with Gasteiger partial charge in [0.25, 0.3) is 5.91 Å². The van der Waals surface area contributed by atoms with Crippen LogP contribution < -0.4 is 0 Å². The molecular formula is C23H28N4O. The normalized spacial score (nSPS) is 11.7. The lowest BCUT2D eigenvalue weighted by Gasteiger charge is -2.18. The van der Waals surface area contributed by atoms with Crippen molar-refractivity contribution in [3.63, 3.8) is 0 Å². The Morgan fingerprint density at radius 2 is 1.75 bits per heavy atom. The summed E-state index contributed by atoms with van der Waals surface area (Å²) in [4.78, 5) is 28.7. The molecule has 2 heterocycles. The Kier molecular flexibility index (Phi) is 5.20. The van der Waals surface area contributed by atoms with Crippen LogP contribution in [-0.2, 0) is 5.41 Å². The van der Waals surface area contributed by atoms with Crippen LogP contribution in [0, 0.1) is 13.8 Å². The number of aromatic nitrogens is 3. The Hall–Kier alpha value is -2.82. The van der Waals surface area contributed by atoms with E-state index in [1.54, 1.807) is 17.3 Å². The van der Waals surface area contributed by atoms with Crippen LogP contribution in [0.5, 0.6) is 0 Å². The number of benzene rings is 1. The summed E-state index contributed by atoms with van der Waals surface area (Å²) >= 11 is 0. The van der Waals surface area contributed by atoms with Crippen LogP contribution >= 0.6 is 0 Å². The van der Waals surface area contributed by atoms with Crippen molar-refractivity contribution in [2.24, 2.45) is 0 Å². The first-order chi connectivity index (χ1) is 13.1. The molecule has 0 N–H and O–H groups in total. The molecule has 0 fully saturated rings. The van der Waals surface area contributed by atoms with Crippen molar-refractivity contribution >= 4 is 16.8 Å². The van der Waals surface area contributed by atoms with Crippen LogP contribution in [0.4, 0.5) is 0 Å². The maximum Gasteiger partial charge on any atom is 0.254 e.